The third-order valence-electron chi connectivity index (χ3n) is 3.40. The van der Waals surface area contributed by atoms with Crippen molar-refractivity contribution in [2.75, 3.05) is 0 Å². The lowest BCUT2D eigenvalue weighted by molar-refractivity contribution is 0.0490. The van der Waals surface area contributed by atoms with Gasteiger partial charge in [0, 0.05) is 18.9 Å². The lowest BCUT2D eigenvalue weighted by atomic mass is 10.2. The molecule has 24 heavy (non-hydrogen) atoms. The van der Waals surface area contributed by atoms with Gasteiger partial charge in [0.05, 0.1) is 12.3 Å². The molecular formula is C18H18N4O2. The standard InChI is InChI=1S/C18H18N4O2/c23-18(21-24-14-16-5-2-1-3-6-16)19-13-15-7-9-17(10-8-15)22-12-4-11-20-22/h1-12H,13-14H2,(H2,19,21,23). The van der Waals surface area contributed by atoms with E-state index < -0.39 is 0 Å². The van der Waals surface area contributed by atoms with Crippen LogP contribution < -0.4 is 10.8 Å². The quantitative estimate of drug-likeness (QED) is 0.686. The topological polar surface area (TPSA) is 68.2 Å². The first-order valence-electron chi connectivity index (χ1n) is 7.60. The first kappa shape index (κ1) is 15.8. The van der Waals surface area contributed by atoms with Gasteiger partial charge in [0.25, 0.3) is 0 Å². The zero-order valence-corrected chi connectivity index (χ0v) is 13.1. The van der Waals surface area contributed by atoms with E-state index in [1.807, 2.05) is 66.9 Å². The molecule has 1 aromatic heterocycles. The minimum atomic E-state index is -0.373. The summed E-state index contributed by atoms with van der Waals surface area (Å²) in [7, 11) is 0. The molecule has 0 bridgehead atoms. The van der Waals surface area contributed by atoms with Crippen molar-refractivity contribution in [3.8, 4) is 5.69 Å². The predicted molar refractivity (Wildman–Crippen MR) is 90.2 cm³/mol. The fourth-order valence-electron chi connectivity index (χ4n) is 2.17. The highest BCUT2D eigenvalue weighted by Gasteiger charge is 2.02. The van der Waals surface area contributed by atoms with Gasteiger partial charge in [-0.05, 0) is 29.3 Å². The highest BCUT2D eigenvalue weighted by atomic mass is 16.7. The average molecular weight is 322 g/mol. The molecule has 0 atom stereocenters. The molecule has 3 rings (SSSR count). The van der Waals surface area contributed by atoms with E-state index in [1.54, 1.807) is 10.9 Å². The highest BCUT2D eigenvalue weighted by molar-refractivity contribution is 5.72. The largest absolute Gasteiger partial charge is 0.338 e. The molecule has 122 valence electrons. The molecule has 0 aliphatic heterocycles. The Balaban J connectivity index is 1.41. The number of benzene rings is 2. The Morgan fingerprint density at radius 2 is 1.79 bits per heavy atom. The predicted octanol–water partition coefficient (Wildman–Crippen LogP) is 2.80. The van der Waals surface area contributed by atoms with Gasteiger partial charge in [-0.1, -0.05) is 42.5 Å². The molecule has 0 saturated heterocycles. The van der Waals surface area contributed by atoms with Gasteiger partial charge in [0.1, 0.15) is 0 Å². The SMILES string of the molecule is O=C(NCc1ccc(-n2cccn2)cc1)NOCc1ccccc1. The van der Waals surface area contributed by atoms with Gasteiger partial charge in [0.2, 0.25) is 0 Å². The Morgan fingerprint density at radius 3 is 2.50 bits per heavy atom. The number of carbonyl (C=O) groups is 1. The number of nitrogens with zero attached hydrogens (tertiary/aromatic N) is 2. The van der Waals surface area contributed by atoms with Gasteiger partial charge < -0.3 is 5.32 Å². The molecule has 0 saturated carbocycles. The molecule has 3 aromatic rings. The van der Waals surface area contributed by atoms with E-state index in [2.05, 4.69) is 15.9 Å². The summed E-state index contributed by atoms with van der Waals surface area (Å²) >= 11 is 0. The van der Waals surface area contributed by atoms with E-state index in [4.69, 9.17) is 4.84 Å². The number of amides is 2. The van der Waals surface area contributed by atoms with Crippen LogP contribution in [0.25, 0.3) is 5.69 Å². The van der Waals surface area contributed by atoms with Crippen molar-refractivity contribution in [1.82, 2.24) is 20.6 Å². The number of aromatic nitrogens is 2. The van der Waals surface area contributed by atoms with Crippen molar-refractivity contribution < 1.29 is 9.63 Å². The number of hydroxylamine groups is 1. The Bertz CT molecular complexity index is 755. The number of rotatable bonds is 6. The molecule has 2 aromatic carbocycles. The summed E-state index contributed by atoms with van der Waals surface area (Å²) < 4.78 is 1.78. The smallest absolute Gasteiger partial charge is 0.332 e. The molecule has 1 heterocycles. The van der Waals surface area contributed by atoms with Crippen LogP contribution in [0.5, 0.6) is 0 Å². The minimum Gasteiger partial charge on any atom is -0.332 e. The van der Waals surface area contributed by atoms with Crippen molar-refractivity contribution in [1.29, 1.82) is 0 Å². The lowest BCUT2D eigenvalue weighted by Crippen LogP contribution is -2.34. The van der Waals surface area contributed by atoms with Crippen LogP contribution in [0.15, 0.2) is 73.1 Å². The number of urea groups is 1. The molecular weight excluding hydrogens is 304 g/mol. The normalized spacial score (nSPS) is 10.3. The molecule has 6 nitrogen and oxygen atoms in total. The summed E-state index contributed by atoms with van der Waals surface area (Å²) in [6, 6.07) is 18.9. The molecule has 0 unspecified atom stereocenters. The lowest BCUT2D eigenvalue weighted by Gasteiger charge is -2.08. The fourth-order valence-corrected chi connectivity index (χ4v) is 2.17. The molecule has 0 fully saturated rings. The van der Waals surface area contributed by atoms with Crippen molar-refractivity contribution >= 4 is 6.03 Å². The van der Waals surface area contributed by atoms with Crippen LogP contribution in [0.2, 0.25) is 0 Å². The van der Waals surface area contributed by atoms with Crippen LogP contribution in [0.3, 0.4) is 0 Å². The van der Waals surface area contributed by atoms with Crippen LogP contribution in [0.1, 0.15) is 11.1 Å². The van der Waals surface area contributed by atoms with Crippen LogP contribution in [-0.2, 0) is 18.0 Å². The number of hydrogen-bond donors (Lipinski definition) is 2. The van der Waals surface area contributed by atoms with Crippen LogP contribution in [-0.4, -0.2) is 15.8 Å². The fraction of sp³-hybridized carbons (Fsp3) is 0.111. The monoisotopic (exact) mass is 322 g/mol. The molecule has 2 amide bonds. The first-order valence-corrected chi connectivity index (χ1v) is 7.60. The van der Waals surface area contributed by atoms with E-state index >= 15 is 0 Å². The first-order chi connectivity index (χ1) is 11.8. The van der Waals surface area contributed by atoms with Gasteiger partial charge in [-0.25, -0.2) is 15.0 Å². The van der Waals surface area contributed by atoms with E-state index in [9.17, 15) is 4.79 Å². The second-order valence-corrected chi connectivity index (χ2v) is 5.18. The zero-order valence-electron chi connectivity index (χ0n) is 13.1. The van der Waals surface area contributed by atoms with E-state index in [0.29, 0.717) is 13.2 Å². The summed E-state index contributed by atoms with van der Waals surface area (Å²) in [4.78, 5) is 16.9. The van der Waals surface area contributed by atoms with Crippen molar-refractivity contribution in [3.05, 3.63) is 84.2 Å². The second kappa shape index (κ2) is 7.94. The van der Waals surface area contributed by atoms with Crippen molar-refractivity contribution in [2.45, 2.75) is 13.2 Å². The zero-order chi connectivity index (χ0) is 16.6. The van der Waals surface area contributed by atoms with Crippen molar-refractivity contribution in [2.24, 2.45) is 0 Å². The summed E-state index contributed by atoms with van der Waals surface area (Å²) in [5.74, 6) is 0. The van der Waals surface area contributed by atoms with Crippen molar-refractivity contribution in [3.63, 3.8) is 0 Å². The van der Waals surface area contributed by atoms with Gasteiger partial charge in [-0.3, -0.25) is 4.84 Å². The molecule has 0 aliphatic rings. The Hall–Kier alpha value is -3.12. The maximum atomic E-state index is 11.7. The van der Waals surface area contributed by atoms with Gasteiger partial charge in [0.15, 0.2) is 0 Å². The highest BCUT2D eigenvalue weighted by Crippen LogP contribution is 2.08. The Kier molecular flexibility index (Phi) is 5.21. The third kappa shape index (κ3) is 4.44. The van der Waals surface area contributed by atoms with E-state index in [-0.39, 0.29) is 6.03 Å². The van der Waals surface area contributed by atoms with Gasteiger partial charge >= 0.3 is 6.03 Å². The summed E-state index contributed by atoms with van der Waals surface area (Å²) in [6.45, 7) is 0.743. The third-order valence-corrected chi connectivity index (χ3v) is 3.40. The maximum absolute atomic E-state index is 11.7. The second-order valence-electron chi connectivity index (χ2n) is 5.18. The minimum absolute atomic E-state index is 0.326. The summed E-state index contributed by atoms with van der Waals surface area (Å²) in [6.07, 6.45) is 3.61. The molecule has 6 heteroatoms. The van der Waals surface area contributed by atoms with Crippen LogP contribution in [0, 0.1) is 0 Å². The van der Waals surface area contributed by atoms with E-state index in [1.165, 1.54) is 0 Å². The van der Waals surface area contributed by atoms with Gasteiger partial charge in [-0.15, -0.1) is 0 Å². The molecule has 0 radical (unpaired) electrons. The summed E-state index contributed by atoms with van der Waals surface area (Å²) in [5.41, 5.74) is 5.33. The Morgan fingerprint density at radius 1 is 1.00 bits per heavy atom. The van der Waals surface area contributed by atoms with Crippen LogP contribution >= 0.6 is 0 Å². The maximum Gasteiger partial charge on any atom is 0.338 e. The summed E-state index contributed by atoms with van der Waals surface area (Å²) in [5, 5.41) is 6.91. The van der Waals surface area contributed by atoms with Gasteiger partial charge in [-0.2, -0.15) is 5.10 Å². The average Bonchev–Trinajstić information content (AvgIpc) is 3.16. The molecule has 0 aliphatic carbocycles. The number of carbonyl (C=O) groups excluding carboxylic acids is 1. The van der Waals surface area contributed by atoms with E-state index in [0.717, 1.165) is 16.8 Å². The number of nitrogens with one attached hydrogen (secondary N) is 2. The molecule has 2 N–H and O–H groups in total. The molecule has 0 spiro atoms. The Labute approximate surface area is 140 Å². The van der Waals surface area contributed by atoms with Crippen LogP contribution in [0.4, 0.5) is 4.79 Å². The number of hydrogen-bond acceptors (Lipinski definition) is 3.